The summed E-state index contributed by atoms with van der Waals surface area (Å²) in [7, 11) is 0. The van der Waals surface area contributed by atoms with Crippen LogP contribution in [-0.4, -0.2) is 20.7 Å². The molecule has 7 heteroatoms. The fourth-order valence-electron chi connectivity index (χ4n) is 1.04. The van der Waals surface area contributed by atoms with Crippen molar-refractivity contribution in [3.05, 3.63) is 33.3 Å². The van der Waals surface area contributed by atoms with Gasteiger partial charge in [-0.15, -0.1) is 11.8 Å². The van der Waals surface area contributed by atoms with Gasteiger partial charge in [-0.3, -0.25) is 14.9 Å². The number of aliphatic carboxylic acids is 1. The number of rotatable bonds is 4. The van der Waals surface area contributed by atoms with E-state index in [0.29, 0.717) is 5.02 Å². The minimum atomic E-state index is -1.16. The molecule has 1 aromatic rings. The third kappa shape index (κ3) is 3.34. The number of carbonyl (C=O) groups is 1. The Balaban J connectivity index is 3.17. The van der Waals surface area contributed by atoms with E-state index in [0.717, 1.165) is 11.8 Å². The number of hydrogen-bond donors (Lipinski definition) is 1. The third-order valence-corrected chi connectivity index (χ3v) is 3.47. The average Bonchev–Trinajstić information content (AvgIpc) is 2.15. The number of benzene rings is 1. The number of nitro benzene ring substituents is 1. The van der Waals surface area contributed by atoms with E-state index < -0.39 is 15.6 Å². The van der Waals surface area contributed by atoms with E-state index in [9.17, 15) is 14.9 Å². The van der Waals surface area contributed by atoms with Crippen molar-refractivity contribution in [3.63, 3.8) is 0 Å². The van der Waals surface area contributed by atoms with E-state index in [4.69, 9.17) is 16.7 Å². The summed E-state index contributed by atoms with van der Waals surface area (Å²) in [6.45, 7) is 2.95. The van der Waals surface area contributed by atoms with Crippen molar-refractivity contribution >= 4 is 35.0 Å². The summed E-state index contributed by atoms with van der Waals surface area (Å²) in [5, 5.41) is 20.1. The predicted octanol–water partition coefficient (Wildman–Crippen LogP) is 3.20. The van der Waals surface area contributed by atoms with Gasteiger partial charge in [0, 0.05) is 11.1 Å². The smallest absolute Gasteiger partial charge is 0.319 e. The number of thioether (sulfide) groups is 1. The molecule has 0 aliphatic heterocycles. The highest BCUT2D eigenvalue weighted by molar-refractivity contribution is 8.01. The van der Waals surface area contributed by atoms with Gasteiger partial charge >= 0.3 is 5.97 Å². The third-order valence-electron chi connectivity index (χ3n) is 2.00. The molecule has 0 saturated carbocycles. The maximum atomic E-state index is 11.0. The van der Waals surface area contributed by atoms with Crippen LogP contribution in [0, 0.1) is 10.1 Å². The summed E-state index contributed by atoms with van der Waals surface area (Å²) >= 11 is 6.64. The maximum Gasteiger partial charge on any atom is 0.319 e. The van der Waals surface area contributed by atoms with E-state index in [-0.39, 0.29) is 10.6 Å². The van der Waals surface area contributed by atoms with Crippen LogP contribution in [0.1, 0.15) is 13.8 Å². The lowest BCUT2D eigenvalue weighted by Crippen LogP contribution is -2.27. The lowest BCUT2D eigenvalue weighted by Gasteiger charge is -2.18. The molecule has 92 valence electrons. The maximum absolute atomic E-state index is 11.0. The minimum absolute atomic E-state index is 0.145. The van der Waals surface area contributed by atoms with E-state index in [1.807, 2.05) is 0 Å². The molecule has 5 nitrogen and oxygen atoms in total. The monoisotopic (exact) mass is 275 g/mol. The van der Waals surface area contributed by atoms with Crippen LogP contribution in [0.3, 0.4) is 0 Å². The average molecular weight is 276 g/mol. The van der Waals surface area contributed by atoms with Gasteiger partial charge < -0.3 is 5.11 Å². The summed E-state index contributed by atoms with van der Waals surface area (Å²) in [5.41, 5.74) is -0.145. The van der Waals surface area contributed by atoms with Gasteiger partial charge in [0.2, 0.25) is 0 Å². The number of carboxylic acid groups (broad SMARTS) is 1. The molecule has 17 heavy (non-hydrogen) atoms. The standard InChI is InChI=1S/C10H10ClNO4S/c1-10(2,9(13)14)17-8-5-6(11)3-4-7(8)12(15)16/h3-5H,1-2H3,(H,13,14). The fourth-order valence-corrected chi connectivity index (χ4v) is 2.35. The summed E-state index contributed by atoms with van der Waals surface area (Å²) in [6.07, 6.45) is 0. The van der Waals surface area contributed by atoms with E-state index in [1.165, 1.54) is 32.0 Å². The number of carboxylic acids is 1. The summed E-state index contributed by atoms with van der Waals surface area (Å²) < 4.78 is -1.16. The van der Waals surface area contributed by atoms with Gasteiger partial charge in [-0.2, -0.15) is 0 Å². The first-order valence-electron chi connectivity index (χ1n) is 4.60. The van der Waals surface area contributed by atoms with Crippen LogP contribution < -0.4 is 0 Å². The highest BCUT2D eigenvalue weighted by Gasteiger charge is 2.31. The second kappa shape index (κ2) is 4.93. The Morgan fingerprint density at radius 3 is 2.59 bits per heavy atom. The molecule has 1 N–H and O–H groups in total. The van der Waals surface area contributed by atoms with E-state index in [2.05, 4.69) is 0 Å². The number of nitrogens with zero attached hydrogens (tertiary/aromatic N) is 1. The van der Waals surface area contributed by atoms with Crippen LogP contribution in [-0.2, 0) is 4.79 Å². The normalized spacial score (nSPS) is 11.2. The van der Waals surface area contributed by atoms with Gasteiger partial charge in [-0.05, 0) is 26.0 Å². The highest BCUT2D eigenvalue weighted by Crippen LogP contribution is 2.39. The van der Waals surface area contributed by atoms with Crippen molar-refractivity contribution in [3.8, 4) is 0 Å². The van der Waals surface area contributed by atoms with Gasteiger partial charge in [-0.1, -0.05) is 11.6 Å². The highest BCUT2D eigenvalue weighted by atomic mass is 35.5. The van der Waals surface area contributed by atoms with Crippen molar-refractivity contribution in [2.45, 2.75) is 23.5 Å². The molecule has 1 aromatic carbocycles. The predicted molar refractivity (Wildman–Crippen MR) is 65.7 cm³/mol. The van der Waals surface area contributed by atoms with Gasteiger partial charge in [-0.25, -0.2) is 0 Å². The molecule has 0 unspecified atom stereocenters. The Bertz CT molecular complexity index is 475. The second-order valence-corrected chi connectivity index (χ2v) is 5.89. The second-order valence-electron chi connectivity index (χ2n) is 3.79. The largest absolute Gasteiger partial charge is 0.480 e. The Labute approximate surface area is 107 Å². The van der Waals surface area contributed by atoms with Crippen molar-refractivity contribution < 1.29 is 14.8 Å². The van der Waals surface area contributed by atoms with Crippen molar-refractivity contribution in [1.29, 1.82) is 0 Å². The van der Waals surface area contributed by atoms with Crippen LogP contribution in [0.5, 0.6) is 0 Å². The summed E-state index contributed by atoms with van der Waals surface area (Å²) in [4.78, 5) is 21.4. The molecular formula is C10H10ClNO4S. The molecule has 1 rings (SSSR count). The topological polar surface area (TPSA) is 80.4 Å². The summed E-state index contributed by atoms with van der Waals surface area (Å²) in [6, 6.07) is 4.06. The zero-order chi connectivity index (χ0) is 13.2. The summed E-state index contributed by atoms with van der Waals surface area (Å²) in [5.74, 6) is -1.04. The van der Waals surface area contributed by atoms with Crippen molar-refractivity contribution in [2.75, 3.05) is 0 Å². The van der Waals surface area contributed by atoms with Crippen LogP contribution in [0.2, 0.25) is 5.02 Å². The zero-order valence-electron chi connectivity index (χ0n) is 9.14. The molecular weight excluding hydrogens is 266 g/mol. The first-order chi connectivity index (χ1) is 7.74. The Morgan fingerprint density at radius 1 is 1.53 bits per heavy atom. The SMILES string of the molecule is CC(C)(Sc1cc(Cl)ccc1[N+](=O)[O-])C(=O)O. The quantitative estimate of drug-likeness (QED) is 0.518. The van der Waals surface area contributed by atoms with Crippen molar-refractivity contribution in [2.24, 2.45) is 0 Å². The zero-order valence-corrected chi connectivity index (χ0v) is 10.7. The Hall–Kier alpha value is -1.27. The number of nitro groups is 1. The Morgan fingerprint density at radius 2 is 2.12 bits per heavy atom. The van der Waals surface area contributed by atoms with Gasteiger partial charge in [0.25, 0.3) is 5.69 Å². The van der Waals surface area contributed by atoms with E-state index >= 15 is 0 Å². The fraction of sp³-hybridized carbons (Fsp3) is 0.300. The van der Waals surface area contributed by atoms with Crippen molar-refractivity contribution in [1.82, 2.24) is 0 Å². The molecule has 0 aromatic heterocycles. The van der Waals surface area contributed by atoms with Crippen LogP contribution >= 0.6 is 23.4 Å². The van der Waals surface area contributed by atoms with E-state index in [1.54, 1.807) is 0 Å². The Kier molecular flexibility index (Phi) is 4.00. The van der Waals surface area contributed by atoms with Gasteiger partial charge in [0.05, 0.1) is 9.82 Å². The van der Waals surface area contributed by atoms with Crippen LogP contribution in [0.15, 0.2) is 23.1 Å². The van der Waals surface area contributed by atoms with Crippen LogP contribution in [0.4, 0.5) is 5.69 Å². The van der Waals surface area contributed by atoms with Crippen LogP contribution in [0.25, 0.3) is 0 Å². The number of hydrogen-bond acceptors (Lipinski definition) is 4. The number of halogens is 1. The minimum Gasteiger partial charge on any atom is -0.480 e. The molecule has 0 fully saturated rings. The molecule has 0 spiro atoms. The first-order valence-corrected chi connectivity index (χ1v) is 5.80. The van der Waals surface area contributed by atoms with Gasteiger partial charge in [0.1, 0.15) is 4.75 Å². The molecule has 0 amide bonds. The molecule has 0 aliphatic rings. The first kappa shape index (κ1) is 13.8. The molecule has 0 saturated heterocycles. The molecule has 0 aliphatic carbocycles. The lowest BCUT2D eigenvalue weighted by molar-refractivity contribution is -0.387. The van der Waals surface area contributed by atoms with Gasteiger partial charge in [0.15, 0.2) is 0 Å². The molecule has 0 atom stereocenters. The molecule has 0 radical (unpaired) electrons. The lowest BCUT2D eigenvalue weighted by atomic mass is 10.2. The molecule has 0 heterocycles. The molecule has 0 bridgehead atoms.